The quantitative estimate of drug-likeness (QED) is 0.603. The minimum Gasteiger partial charge on any atom is -0.349 e. The van der Waals surface area contributed by atoms with E-state index >= 15 is 0 Å². The molecule has 0 saturated carbocycles. The maximum Gasteiger partial charge on any atom is 0.230 e. The third-order valence-corrected chi connectivity index (χ3v) is 6.40. The van der Waals surface area contributed by atoms with Crippen LogP contribution in [0.4, 0.5) is 0 Å². The summed E-state index contributed by atoms with van der Waals surface area (Å²) in [6.07, 6.45) is 3.24. The summed E-state index contributed by atoms with van der Waals surface area (Å²) in [6.45, 7) is 6.33. The van der Waals surface area contributed by atoms with Crippen molar-refractivity contribution in [3.05, 3.63) is 70.3 Å². The highest BCUT2D eigenvalue weighted by atomic mass is 32.2. The predicted molar refractivity (Wildman–Crippen MR) is 117 cm³/mol. The standard InChI is InChI=1S/C24H26N2OS/c1-15-11-17(3)24-20(12-15)16(2)13-23(26-24)28-14-22(27)25-21-10-6-8-18-7-4-5-9-19(18)21/h4-5,7,9,11-13,21H,6,8,10,14H2,1-3H3,(H,25,27)/t21-/m0/s1. The van der Waals surface area contributed by atoms with Gasteiger partial charge in [0.05, 0.1) is 22.3 Å². The van der Waals surface area contributed by atoms with Crippen molar-refractivity contribution < 1.29 is 4.79 Å². The van der Waals surface area contributed by atoms with Crippen LogP contribution in [0.5, 0.6) is 0 Å². The van der Waals surface area contributed by atoms with Crippen molar-refractivity contribution >= 4 is 28.6 Å². The first-order valence-corrected chi connectivity index (χ1v) is 10.9. The van der Waals surface area contributed by atoms with Gasteiger partial charge in [-0.15, -0.1) is 0 Å². The van der Waals surface area contributed by atoms with E-state index in [9.17, 15) is 4.79 Å². The van der Waals surface area contributed by atoms with Crippen LogP contribution in [0, 0.1) is 20.8 Å². The lowest BCUT2D eigenvalue weighted by molar-refractivity contribution is -0.119. The molecular weight excluding hydrogens is 364 g/mol. The Balaban J connectivity index is 1.46. The van der Waals surface area contributed by atoms with Crippen molar-refractivity contribution in [1.29, 1.82) is 0 Å². The average Bonchev–Trinajstić information content (AvgIpc) is 2.67. The monoisotopic (exact) mass is 390 g/mol. The number of carbonyl (C=O) groups excluding carboxylic acids is 1. The van der Waals surface area contributed by atoms with Gasteiger partial charge >= 0.3 is 0 Å². The molecule has 144 valence electrons. The summed E-state index contributed by atoms with van der Waals surface area (Å²) in [7, 11) is 0. The van der Waals surface area contributed by atoms with Gasteiger partial charge in [-0.1, -0.05) is 47.7 Å². The highest BCUT2D eigenvalue weighted by Crippen LogP contribution is 2.30. The van der Waals surface area contributed by atoms with E-state index in [4.69, 9.17) is 4.98 Å². The van der Waals surface area contributed by atoms with Gasteiger partial charge in [-0.25, -0.2) is 4.98 Å². The Bertz CT molecular complexity index is 1040. The van der Waals surface area contributed by atoms with Crippen LogP contribution in [0.15, 0.2) is 47.5 Å². The van der Waals surface area contributed by atoms with E-state index in [1.807, 2.05) is 0 Å². The zero-order chi connectivity index (χ0) is 19.7. The number of pyridine rings is 1. The van der Waals surface area contributed by atoms with Crippen LogP contribution in [-0.2, 0) is 11.2 Å². The second kappa shape index (κ2) is 7.96. The van der Waals surface area contributed by atoms with Gasteiger partial charge in [0.2, 0.25) is 5.91 Å². The molecule has 0 bridgehead atoms. The molecule has 2 aromatic carbocycles. The molecule has 4 heteroatoms. The van der Waals surface area contributed by atoms with E-state index in [0.717, 1.165) is 29.8 Å². The number of rotatable bonds is 4. The fourth-order valence-electron chi connectivity index (χ4n) is 4.17. The van der Waals surface area contributed by atoms with Gasteiger partial charge in [0.25, 0.3) is 0 Å². The van der Waals surface area contributed by atoms with Crippen LogP contribution >= 0.6 is 11.8 Å². The second-order valence-electron chi connectivity index (χ2n) is 7.76. The Morgan fingerprint density at radius 3 is 2.82 bits per heavy atom. The first-order valence-electron chi connectivity index (χ1n) is 9.90. The lowest BCUT2D eigenvalue weighted by Gasteiger charge is -2.26. The molecule has 1 heterocycles. The summed E-state index contributed by atoms with van der Waals surface area (Å²) < 4.78 is 0. The van der Waals surface area contributed by atoms with Gasteiger partial charge in [0.15, 0.2) is 0 Å². The summed E-state index contributed by atoms with van der Waals surface area (Å²) in [4.78, 5) is 17.4. The van der Waals surface area contributed by atoms with E-state index < -0.39 is 0 Å². The molecule has 0 unspecified atom stereocenters. The van der Waals surface area contributed by atoms with E-state index in [2.05, 4.69) is 68.6 Å². The van der Waals surface area contributed by atoms with Gasteiger partial charge in [0.1, 0.15) is 0 Å². The van der Waals surface area contributed by atoms with Crippen LogP contribution < -0.4 is 5.32 Å². The molecule has 0 aliphatic heterocycles. The van der Waals surface area contributed by atoms with Crippen molar-refractivity contribution in [3.63, 3.8) is 0 Å². The van der Waals surface area contributed by atoms with Crippen molar-refractivity contribution in [2.24, 2.45) is 0 Å². The molecule has 0 fully saturated rings. The lowest BCUT2D eigenvalue weighted by Crippen LogP contribution is -2.32. The molecule has 3 aromatic rings. The Morgan fingerprint density at radius 2 is 1.96 bits per heavy atom. The number of aryl methyl sites for hydroxylation is 4. The number of aromatic nitrogens is 1. The normalized spacial score (nSPS) is 16.0. The minimum absolute atomic E-state index is 0.0758. The Labute approximate surface area is 171 Å². The number of fused-ring (bicyclic) bond motifs is 2. The Hall–Kier alpha value is -2.33. The molecule has 4 rings (SSSR count). The van der Waals surface area contributed by atoms with E-state index in [0.29, 0.717) is 5.75 Å². The first kappa shape index (κ1) is 19.0. The maximum atomic E-state index is 12.6. The molecule has 3 nitrogen and oxygen atoms in total. The van der Waals surface area contributed by atoms with Gasteiger partial charge in [0, 0.05) is 5.39 Å². The first-order chi connectivity index (χ1) is 13.5. The molecule has 1 aliphatic carbocycles. The number of benzene rings is 2. The molecule has 1 aliphatic rings. The molecule has 0 radical (unpaired) electrons. The summed E-state index contributed by atoms with van der Waals surface area (Å²) in [6, 6.07) is 15.0. The van der Waals surface area contributed by atoms with Gasteiger partial charge in [-0.05, 0) is 74.4 Å². The predicted octanol–water partition coefficient (Wildman–Crippen LogP) is 5.45. The van der Waals surface area contributed by atoms with Crippen molar-refractivity contribution in [1.82, 2.24) is 10.3 Å². The summed E-state index contributed by atoms with van der Waals surface area (Å²) in [5, 5.41) is 5.34. The topological polar surface area (TPSA) is 42.0 Å². The lowest BCUT2D eigenvalue weighted by atomic mass is 9.88. The van der Waals surface area contributed by atoms with Crippen LogP contribution in [0.3, 0.4) is 0 Å². The molecular formula is C24H26N2OS. The highest BCUT2D eigenvalue weighted by Gasteiger charge is 2.21. The van der Waals surface area contributed by atoms with Crippen molar-refractivity contribution in [2.45, 2.75) is 51.1 Å². The van der Waals surface area contributed by atoms with Crippen molar-refractivity contribution in [2.75, 3.05) is 5.75 Å². The number of hydrogen-bond donors (Lipinski definition) is 1. The molecule has 0 saturated heterocycles. The number of amides is 1. The number of thioether (sulfide) groups is 1. The Kier molecular flexibility index (Phi) is 5.40. The minimum atomic E-state index is 0.0758. The molecule has 1 aromatic heterocycles. The molecule has 0 spiro atoms. The molecule has 1 atom stereocenters. The van der Waals surface area contributed by atoms with Crippen molar-refractivity contribution in [3.8, 4) is 0 Å². The second-order valence-corrected chi connectivity index (χ2v) is 8.75. The van der Waals surface area contributed by atoms with Crippen LogP contribution in [0.25, 0.3) is 10.9 Å². The summed E-state index contributed by atoms with van der Waals surface area (Å²) in [5.41, 5.74) is 7.32. The number of nitrogens with one attached hydrogen (secondary N) is 1. The third-order valence-electron chi connectivity index (χ3n) is 5.49. The molecule has 1 N–H and O–H groups in total. The van der Waals surface area contributed by atoms with Gasteiger partial charge in [-0.2, -0.15) is 0 Å². The summed E-state index contributed by atoms with van der Waals surface area (Å²) in [5.74, 6) is 0.466. The number of nitrogens with zero attached hydrogens (tertiary/aromatic N) is 1. The average molecular weight is 391 g/mol. The molecule has 28 heavy (non-hydrogen) atoms. The van der Waals surface area contributed by atoms with Crippen LogP contribution in [0.1, 0.15) is 46.7 Å². The van der Waals surface area contributed by atoms with Gasteiger partial charge < -0.3 is 5.32 Å². The number of hydrogen-bond acceptors (Lipinski definition) is 3. The fraction of sp³-hybridized carbons (Fsp3) is 0.333. The smallest absolute Gasteiger partial charge is 0.230 e. The zero-order valence-corrected chi connectivity index (χ0v) is 17.5. The van der Waals surface area contributed by atoms with Crippen LogP contribution in [-0.4, -0.2) is 16.6 Å². The van der Waals surface area contributed by atoms with Crippen LogP contribution in [0.2, 0.25) is 0 Å². The van der Waals surface area contributed by atoms with Gasteiger partial charge in [-0.3, -0.25) is 4.79 Å². The number of carbonyl (C=O) groups is 1. The maximum absolute atomic E-state index is 12.6. The summed E-state index contributed by atoms with van der Waals surface area (Å²) >= 11 is 1.52. The van der Waals surface area contributed by atoms with E-state index in [1.165, 1.54) is 45.0 Å². The van der Waals surface area contributed by atoms with E-state index in [-0.39, 0.29) is 11.9 Å². The largest absolute Gasteiger partial charge is 0.349 e. The zero-order valence-electron chi connectivity index (χ0n) is 16.7. The Morgan fingerprint density at radius 1 is 1.14 bits per heavy atom. The van der Waals surface area contributed by atoms with E-state index in [1.54, 1.807) is 0 Å². The third kappa shape index (κ3) is 3.93. The molecule has 1 amide bonds. The SMILES string of the molecule is Cc1cc(C)c2nc(SCC(=O)N[C@H]3CCCc4ccccc43)cc(C)c2c1. The fourth-order valence-corrected chi connectivity index (χ4v) is 4.95. The highest BCUT2D eigenvalue weighted by molar-refractivity contribution is 7.99.